The lowest BCUT2D eigenvalue weighted by Crippen LogP contribution is -2.31. The molecule has 1 N–H and O–H groups in total. The van der Waals surface area contributed by atoms with Crippen LogP contribution in [0.2, 0.25) is 0 Å². The molecule has 0 radical (unpaired) electrons. The van der Waals surface area contributed by atoms with E-state index in [1.54, 1.807) is 0 Å². The van der Waals surface area contributed by atoms with E-state index in [1.165, 1.54) is 0 Å². The normalized spacial score (nSPS) is 15.7. The quantitative estimate of drug-likeness (QED) is 0.716. The fourth-order valence-corrected chi connectivity index (χ4v) is 3.87. The predicted molar refractivity (Wildman–Crippen MR) is 115 cm³/mol. The molecule has 0 saturated heterocycles. The number of nitrogens with zero attached hydrogens (tertiary/aromatic N) is 2. The summed E-state index contributed by atoms with van der Waals surface area (Å²) in [5.41, 5.74) is 3.15. The van der Waals surface area contributed by atoms with Gasteiger partial charge in [-0.2, -0.15) is 0 Å². The second-order valence-electron chi connectivity index (χ2n) is 8.21. The summed E-state index contributed by atoms with van der Waals surface area (Å²) in [6, 6.07) is 21.4. The van der Waals surface area contributed by atoms with Gasteiger partial charge >= 0.3 is 0 Å². The maximum atomic E-state index is 12.1. The molecule has 0 bridgehead atoms. The van der Waals surface area contributed by atoms with Crippen LogP contribution < -0.4 is 0 Å². The monoisotopic (exact) mass is 386 g/mol. The molecular weight excluding hydrogens is 360 g/mol. The van der Waals surface area contributed by atoms with Gasteiger partial charge in [0.25, 0.3) is 0 Å². The first-order chi connectivity index (χ1) is 13.8. The van der Waals surface area contributed by atoms with Gasteiger partial charge < -0.3 is 9.84 Å². The summed E-state index contributed by atoms with van der Waals surface area (Å²) < 4.78 is 5.88. The molecule has 29 heavy (non-hydrogen) atoms. The van der Waals surface area contributed by atoms with Gasteiger partial charge in [-0.1, -0.05) is 60.7 Å². The molecule has 4 heteroatoms. The molecular formula is C25H26N2O2. The van der Waals surface area contributed by atoms with Gasteiger partial charge in [0.2, 0.25) is 5.90 Å². The summed E-state index contributed by atoms with van der Waals surface area (Å²) in [4.78, 5) is 9.48. The molecule has 0 saturated carbocycles. The van der Waals surface area contributed by atoms with Crippen molar-refractivity contribution in [2.75, 3.05) is 6.61 Å². The van der Waals surface area contributed by atoms with Crippen LogP contribution in [0.25, 0.3) is 0 Å². The zero-order chi connectivity index (χ0) is 20.6. The van der Waals surface area contributed by atoms with E-state index in [1.807, 2.05) is 94.4 Å². The number of aliphatic hydroxyl groups is 1. The Morgan fingerprint density at radius 1 is 0.897 bits per heavy atom. The fourth-order valence-electron chi connectivity index (χ4n) is 3.87. The lowest BCUT2D eigenvalue weighted by Gasteiger charge is -2.31. The zero-order valence-electron chi connectivity index (χ0n) is 17.3. The molecule has 4 rings (SSSR count). The van der Waals surface area contributed by atoms with Crippen LogP contribution in [0.1, 0.15) is 47.5 Å². The first-order valence-electron chi connectivity index (χ1n) is 9.86. The molecule has 148 valence electrons. The summed E-state index contributed by atoms with van der Waals surface area (Å²) in [5, 5.41) is 12.1. The smallest absolute Gasteiger partial charge is 0.218 e. The van der Waals surface area contributed by atoms with E-state index in [9.17, 15) is 5.11 Å². The maximum absolute atomic E-state index is 12.1. The number of rotatable bonds is 4. The van der Waals surface area contributed by atoms with Crippen molar-refractivity contribution < 1.29 is 9.84 Å². The number of aliphatic imine (C=N–C) groups is 1. The van der Waals surface area contributed by atoms with Crippen molar-refractivity contribution in [2.45, 2.75) is 38.8 Å². The van der Waals surface area contributed by atoms with Crippen LogP contribution in [-0.2, 0) is 10.3 Å². The number of benzene rings is 2. The minimum Gasteiger partial charge on any atom is -0.475 e. The average molecular weight is 386 g/mol. The molecule has 1 aliphatic rings. The Labute approximate surface area is 171 Å². The maximum Gasteiger partial charge on any atom is 0.218 e. The molecule has 0 spiro atoms. The van der Waals surface area contributed by atoms with E-state index in [-0.39, 0.29) is 5.54 Å². The van der Waals surface area contributed by atoms with Gasteiger partial charge in [-0.15, -0.1) is 0 Å². The highest BCUT2D eigenvalue weighted by atomic mass is 16.5. The summed E-state index contributed by atoms with van der Waals surface area (Å²) >= 11 is 0. The van der Waals surface area contributed by atoms with Gasteiger partial charge in [-0.05, 0) is 44.9 Å². The Morgan fingerprint density at radius 3 is 1.93 bits per heavy atom. The number of hydrogen-bond acceptors (Lipinski definition) is 4. The van der Waals surface area contributed by atoms with Crippen molar-refractivity contribution in [2.24, 2.45) is 4.99 Å². The lowest BCUT2D eigenvalue weighted by atomic mass is 9.79. The van der Waals surface area contributed by atoms with Crippen LogP contribution >= 0.6 is 0 Å². The van der Waals surface area contributed by atoms with E-state index in [0.29, 0.717) is 12.5 Å². The minimum atomic E-state index is -1.34. The topological polar surface area (TPSA) is 54.7 Å². The molecule has 0 amide bonds. The van der Waals surface area contributed by atoms with Crippen LogP contribution in [0, 0.1) is 13.8 Å². The van der Waals surface area contributed by atoms with Crippen LogP contribution in [0.5, 0.6) is 0 Å². The average Bonchev–Trinajstić information content (AvgIpc) is 3.08. The number of hydrogen-bond donors (Lipinski definition) is 1. The summed E-state index contributed by atoms with van der Waals surface area (Å²) in [5.74, 6) is 0.588. The van der Waals surface area contributed by atoms with Crippen molar-refractivity contribution in [1.82, 2.24) is 4.98 Å². The van der Waals surface area contributed by atoms with Crippen molar-refractivity contribution in [1.29, 1.82) is 0 Å². The number of pyridine rings is 1. The third kappa shape index (κ3) is 3.45. The second-order valence-corrected chi connectivity index (χ2v) is 8.21. The molecule has 0 aliphatic carbocycles. The predicted octanol–water partition coefficient (Wildman–Crippen LogP) is 4.54. The molecule has 0 atom stereocenters. The zero-order valence-corrected chi connectivity index (χ0v) is 17.3. The first-order valence-corrected chi connectivity index (χ1v) is 9.86. The molecule has 0 unspecified atom stereocenters. The standard InChI is InChI=1S/C25H26N2O2/c1-17-21(23-27-24(3,4)16-29-23)15-22(18(2)26-17)25(28,19-11-7-5-8-12-19)20-13-9-6-10-14-20/h5-15,28H,16H2,1-4H3. The highest BCUT2D eigenvalue weighted by Gasteiger charge is 2.37. The lowest BCUT2D eigenvalue weighted by molar-refractivity contribution is 0.124. The van der Waals surface area contributed by atoms with Crippen LogP contribution in [0.15, 0.2) is 71.7 Å². The molecule has 0 fully saturated rings. The highest BCUT2D eigenvalue weighted by molar-refractivity contribution is 5.96. The Bertz CT molecular complexity index is 1020. The molecule has 1 aromatic heterocycles. The van der Waals surface area contributed by atoms with Crippen LogP contribution in [-0.4, -0.2) is 28.1 Å². The van der Waals surface area contributed by atoms with Gasteiger partial charge in [0.15, 0.2) is 0 Å². The third-order valence-corrected chi connectivity index (χ3v) is 5.37. The Balaban J connectivity index is 1.96. The first kappa shape index (κ1) is 19.3. The van der Waals surface area contributed by atoms with Crippen LogP contribution in [0.4, 0.5) is 0 Å². The van der Waals surface area contributed by atoms with Crippen molar-refractivity contribution >= 4 is 5.90 Å². The Kier molecular flexibility index (Phi) is 4.75. The van der Waals surface area contributed by atoms with Gasteiger partial charge in [0, 0.05) is 11.3 Å². The molecule has 2 aromatic carbocycles. The molecule has 3 aromatic rings. The largest absolute Gasteiger partial charge is 0.475 e. The van der Waals surface area contributed by atoms with Gasteiger partial charge in [0.1, 0.15) is 12.2 Å². The van der Waals surface area contributed by atoms with E-state index in [0.717, 1.165) is 33.6 Å². The molecule has 4 nitrogen and oxygen atoms in total. The Hall–Kier alpha value is -2.98. The van der Waals surface area contributed by atoms with E-state index in [4.69, 9.17) is 14.7 Å². The van der Waals surface area contributed by atoms with E-state index in [2.05, 4.69) is 0 Å². The molecule has 2 heterocycles. The second kappa shape index (κ2) is 7.12. The summed E-state index contributed by atoms with van der Waals surface area (Å²) in [7, 11) is 0. The van der Waals surface area contributed by atoms with Crippen molar-refractivity contribution in [3.05, 3.63) is 100 Å². The van der Waals surface area contributed by atoms with E-state index >= 15 is 0 Å². The number of aromatic nitrogens is 1. The van der Waals surface area contributed by atoms with Gasteiger partial charge in [-0.25, -0.2) is 4.99 Å². The summed E-state index contributed by atoms with van der Waals surface area (Å²) in [6.07, 6.45) is 0. The number of ether oxygens (including phenoxy) is 1. The fraction of sp³-hybridized carbons (Fsp3) is 0.280. The minimum absolute atomic E-state index is 0.262. The van der Waals surface area contributed by atoms with Gasteiger partial charge in [-0.3, -0.25) is 4.98 Å². The van der Waals surface area contributed by atoms with Crippen LogP contribution in [0.3, 0.4) is 0 Å². The van der Waals surface area contributed by atoms with Crippen molar-refractivity contribution in [3.63, 3.8) is 0 Å². The molecule has 1 aliphatic heterocycles. The summed E-state index contributed by atoms with van der Waals surface area (Å²) in [6.45, 7) is 8.51. The van der Waals surface area contributed by atoms with Crippen molar-refractivity contribution in [3.8, 4) is 0 Å². The third-order valence-electron chi connectivity index (χ3n) is 5.37. The number of aryl methyl sites for hydroxylation is 2. The Morgan fingerprint density at radius 2 is 1.45 bits per heavy atom. The van der Waals surface area contributed by atoms with Gasteiger partial charge in [0.05, 0.1) is 16.8 Å². The SMILES string of the molecule is Cc1nc(C)c(C(O)(c2ccccc2)c2ccccc2)cc1C1=NC(C)(C)CO1. The highest BCUT2D eigenvalue weighted by Crippen LogP contribution is 2.39. The van der Waals surface area contributed by atoms with E-state index < -0.39 is 5.60 Å².